The summed E-state index contributed by atoms with van der Waals surface area (Å²) in [6.07, 6.45) is 1.40. The van der Waals surface area contributed by atoms with Crippen LogP contribution in [0.25, 0.3) is 0 Å². The molecule has 0 spiro atoms. The van der Waals surface area contributed by atoms with E-state index in [2.05, 4.69) is 10.6 Å². The third kappa shape index (κ3) is 4.14. The quantitative estimate of drug-likeness (QED) is 0.437. The highest BCUT2D eigenvalue weighted by Crippen LogP contribution is 2.32. The van der Waals surface area contributed by atoms with Crippen LogP contribution < -0.4 is 20.1 Å². The highest BCUT2D eigenvalue weighted by atomic mass is 16.7. The van der Waals surface area contributed by atoms with Gasteiger partial charge in [0.15, 0.2) is 11.5 Å². The summed E-state index contributed by atoms with van der Waals surface area (Å²) in [4.78, 5) is 11.7. The molecule has 7 heteroatoms. The van der Waals surface area contributed by atoms with Crippen LogP contribution in [0.2, 0.25) is 0 Å². The lowest BCUT2D eigenvalue weighted by Crippen LogP contribution is -2.28. The summed E-state index contributed by atoms with van der Waals surface area (Å²) in [7, 11) is 1.54. The van der Waals surface area contributed by atoms with Crippen LogP contribution in [-0.4, -0.2) is 33.0 Å². The molecule has 0 saturated heterocycles. The molecule has 1 aliphatic rings. The van der Waals surface area contributed by atoms with E-state index in [0.717, 1.165) is 11.3 Å². The van der Waals surface area contributed by atoms with Gasteiger partial charge in [-0.15, -0.1) is 0 Å². The van der Waals surface area contributed by atoms with Gasteiger partial charge < -0.3 is 24.8 Å². The van der Waals surface area contributed by atoms with Crippen LogP contribution in [-0.2, 0) is 16.1 Å². The van der Waals surface area contributed by atoms with E-state index in [1.807, 2.05) is 24.3 Å². The largest absolute Gasteiger partial charge is 0.454 e. The molecule has 2 rings (SSSR count). The van der Waals surface area contributed by atoms with Crippen molar-refractivity contribution in [3.8, 4) is 17.6 Å². The molecular formula is C15H17N3O4. The molecule has 0 aromatic heterocycles. The summed E-state index contributed by atoms with van der Waals surface area (Å²) < 4.78 is 15.3. The monoisotopic (exact) mass is 303 g/mol. The zero-order valence-electron chi connectivity index (χ0n) is 12.2. The van der Waals surface area contributed by atoms with E-state index in [1.165, 1.54) is 6.20 Å². The van der Waals surface area contributed by atoms with Crippen LogP contribution in [0.3, 0.4) is 0 Å². The summed E-state index contributed by atoms with van der Waals surface area (Å²) in [5.74, 6) is 0.980. The maximum atomic E-state index is 11.7. The first-order valence-electron chi connectivity index (χ1n) is 6.74. The topological polar surface area (TPSA) is 92.6 Å². The van der Waals surface area contributed by atoms with Crippen LogP contribution in [0, 0.1) is 11.3 Å². The third-order valence-electron chi connectivity index (χ3n) is 2.95. The summed E-state index contributed by atoms with van der Waals surface area (Å²) >= 11 is 0. The lowest BCUT2D eigenvalue weighted by molar-refractivity contribution is -0.117. The number of amides is 1. The molecule has 0 atom stereocenters. The predicted molar refractivity (Wildman–Crippen MR) is 78.0 cm³/mol. The van der Waals surface area contributed by atoms with E-state index in [1.54, 1.807) is 7.11 Å². The van der Waals surface area contributed by atoms with Gasteiger partial charge in [0.2, 0.25) is 6.79 Å². The summed E-state index contributed by atoms with van der Waals surface area (Å²) in [5.41, 5.74) is 0.967. The van der Waals surface area contributed by atoms with Gasteiger partial charge in [-0.3, -0.25) is 4.79 Å². The molecule has 0 radical (unpaired) electrons. The minimum absolute atomic E-state index is 0.0110. The number of methoxy groups -OCH3 is 1. The second-order valence-corrected chi connectivity index (χ2v) is 4.49. The highest BCUT2D eigenvalue weighted by molar-refractivity contribution is 5.97. The number of fused-ring (bicyclic) bond motifs is 1. The fraction of sp³-hybridized carbons (Fsp3) is 0.333. The number of nitrogens with one attached hydrogen (secondary N) is 2. The Balaban J connectivity index is 1.87. The van der Waals surface area contributed by atoms with Crippen LogP contribution in [0.5, 0.6) is 11.5 Å². The van der Waals surface area contributed by atoms with Gasteiger partial charge in [0, 0.05) is 26.4 Å². The maximum Gasteiger partial charge on any atom is 0.263 e. The summed E-state index contributed by atoms with van der Waals surface area (Å²) in [6.45, 7) is 1.45. The fourth-order valence-corrected chi connectivity index (χ4v) is 1.83. The molecule has 7 nitrogen and oxygen atoms in total. The minimum atomic E-state index is -0.433. The average molecular weight is 303 g/mol. The van der Waals surface area contributed by atoms with Crippen LogP contribution in [0.4, 0.5) is 0 Å². The Morgan fingerprint density at radius 1 is 1.45 bits per heavy atom. The van der Waals surface area contributed by atoms with Crippen molar-refractivity contribution in [3.05, 3.63) is 35.5 Å². The van der Waals surface area contributed by atoms with Gasteiger partial charge in [-0.25, -0.2) is 0 Å². The molecule has 1 heterocycles. The molecule has 0 aliphatic carbocycles. The number of ether oxygens (including phenoxy) is 3. The predicted octanol–water partition coefficient (Wildman–Crippen LogP) is 0.675. The normalized spacial score (nSPS) is 12.6. The lowest BCUT2D eigenvalue weighted by atomic mass is 10.2. The van der Waals surface area contributed by atoms with Gasteiger partial charge in [0.1, 0.15) is 11.6 Å². The number of rotatable bonds is 7. The van der Waals surface area contributed by atoms with Crippen molar-refractivity contribution in [2.24, 2.45) is 0 Å². The Bertz CT molecular complexity index is 607. The first-order chi connectivity index (χ1) is 10.7. The van der Waals surface area contributed by atoms with Crippen molar-refractivity contribution in [2.75, 3.05) is 27.1 Å². The first-order valence-corrected chi connectivity index (χ1v) is 6.74. The number of nitriles is 1. The number of carbonyl (C=O) groups is 1. The standard InChI is InChI=1S/C15H17N3O4/c1-20-5-4-18-15(19)12(7-16)9-17-8-11-2-3-13-14(6-11)22-10-21-13/h2-3,6,9,17H,4-5,8,10H2,1H3,(H,18,19)/b12-9-. The Hall–Kier alpha value is -2.72. The van der Waals surface area contributed by atoms with E-state index in [9.17, 15) is 4.79 Å². The molecule has 0 unspecified atom stereocenters. The first kappa shape index (κ1) is 15.7. The Labute approximate surface area is 128 Å². The number of hydrogen-bond acceptors (Lipinski definition) is 6. The fourth-order valence-electron chi connectivity index (χ4n) is 1.83. The second-order valence-electron chi connectivity index (χ2n) is 4.49. The zero-order chi connectivity index (χ0) is 15.8. The van der Waals surface area contributed by atoms with Crippen molar-refractivity contribution >= 4 is 5.91 Å². The molecule has 116 valence electrons. The second kappa shape index (κ2) is 7.90. The summed E-state index contributed by atoms with van der Waals surface area (Å²) in [5, 5.41) is 14.5. The van der Waals surface area contributed by atoms with Crippen molar-refractivity contribution in [1.29, 1.82) is 5.26 Å². The molecule has 1 aromatic rings. The van der Waals surface area contributed by atoms with Crippen molar-refractivity contribution in [3.63, 3.8) is 0 Å². The number of benzene rings is 1. The van der Waals surface area contributed by atoms with Gasteiger partial charge in [0.05, 0.1) is 6.61 Å². The maximum absolute atomic E-state index is 11.7. The summed E-state index contributed by atoms with van der Waals surface area (Å²) in [6, 6.07) is 7.43. The number of carbonyl (C=O) groups excluding carboxylic acids is 1. The van der Waals surface area contributed by atoms with Crippen LogP contribution in [0.15, 0.2) is 30.0 Å². The van der Waals surface area contributed by atoms with Crippen molar-refractivity contribution in [1.82, 2.24) is 10.6 Å². The Kier molecular flexibility index (Phi) is 5.63. The third-order valence-corrected chi connectivity index (χ3v) is 2.95. The smallest absolute Gasteiger partial charge is 0.263 e. The van der Waals surface area contributed by atoms with E-state index in [0.29, 0.717) is 25.4 Å². The molecule has 22 heavy (non-hydrogen) atoms. The van der Waals surface area contributed by atoms with Gasteiger partial charge in [-0.2, -0.15) is 5.26 Å². The zero-order valence-corrected chi connectivity index (χ0v) is 12.2. The molecule has 1 amide bonds. The molecule has 0 bridgehead atoms. The molecule has 0 fully saturated rings. The molecule has 0 saturated carbocycles. The SMILES string of the molecule is COCCNC(=O)/C(C#N)=C\NCc1ccc2c(c1)OCO2. The van der Waals surface area contributed by atoms with Gasteiger partial charge in [0.25, 0.3) is 5.91 Å². The molecular weight excluding hydrogens is 286 g/mol. The van der Waals surface area contributed by atoms with E-state index in [-0.39, 0.29) is 12.4 Å². The lowest BCUT2D eigenvalue weighted by Gasteiger charge is -2.05. The van der Waals surface area contributed by atoms with Gasteiger partial charge >= 0.3 is 0 Å². The van der Waals surface area contributed by atoms with Gasteiger partial charge in [-0.1, -0.05) is 6.07 Å². The van der Waals surface area contributed by atoms with Crippen LogP contribution >= 0.6 is 0 Å². The number of hydrogen-bond donors (Lipinski definition) is 2. The Morgan fingerprint density at radius 2 is 2.27 bits per heavy atom. The highest BCUT2D eigenvalue weighted by Gasteiger charge is 2.13. The van der Waals surface area contributed by atoms with Gasteiger partial charge in [-0.05, 0) is 17.7 Å². The van der Waals surface area contributed by atoms with E-state index >= 15 is 0 Å². The minimum Gasteiger partial charge on any atom is -0.454 e. The molecule has 1 aliphatic heterocycles. The molecule has 1 aromatic carbocycles. The number of nitrogens with zero attached hydrogens (tertiary/aromatic N) is 1. The molecule has 2 N–H and O–H groups in total. The van der Waals surface area contributed by atoms with E-state index in [4.69, 9.17) is 19.5 Å². The van der Waals surface area contributed by atoms with Crippen molar-refractivity contribution in [2.45, 2.75) is 6.54 Å². The van der Waals surface area contributed by atoms with Crippen molar-refractivity contribution < 1.29 is 19.0 Å². The average Bonchev–Trinajstić information content (AvgIpc) is 2.99. The van der Waals surface area contributed by atoms with Crippen LogP contribution in [0.1, 0.15) is 5.56 Å². The van der Waals surface area contributed by atoms with E-state index < -0.39 is 5.91 Å². The Morgan fingerprint density at radius 3 is 3.05 bits per heavy atom.